The zero-order valence-corrected chi connectivity index (χ0v) is 23.5. The van der Waals surface area contributed by atoms with Gasteiger partial charge in [0.2, 0.25) is 17.7 Å². The number of ether oxygens (including phenoxy) is 1. The lowest BCUT2D eigenvalue weighted by Crippen LogP contribution is -2.51. The molecule has 0 aliphatic carbocycles. The van der Waals surface area contributed by atoms with E-state index in [9.17, 15) is 23.6 Å². The van der Waals surface area contributed by atoms with Crippen LogP contribution in [0.3, 0.4) is 0 Å². The summed E-state index contributed by atoms with van der Waals surface area (Å²) in [6, 6.07) is 11.0. The van der Waals surface area contributed by atoms with E-state index in [1.807, 2.05) is 27.7 Å². The average Bonchev–Trinajstić information content (AvgIpc) is 2.92. The molecule has 40 heavy (non-hydrogen) atoms. The highest BCUT2D eigenvalue weighted by Crippen LogP contribution is 2.23. The predicted molar refractivity (Wildman–Crippen MR) is 149 cm³/mol. The van der Waals surface area contributed by atoms with Gasteiger partial charge in [0.1, 0.15) is 23.7 Å². The Kier molecular flexibility index (Phi) is 10.6. The fourth-order valence-corrected chi connectivity index (χ4v) is 4.35. The first-order valence-corrected chi connectivity index (χ1v) is 13.6. The van der Waals surface area contributed by atoms with E-state index in [4.69, 9.17) is 4.74 Å². The zero-order valence-electron chi connectivity index (χ0n) is 23.5. The summed E-state index contributed by atoms with van der Waals surface area (Å²) in [5.41, 5.74) is 0.563. The van der Waals surface area contributed by atoms with E-state index in [1.54, 1.807) is 36.4 Å². The molecule has 1 unspecified atom stereocenters. The van der Waals surface area contributed by atoms with Crippen LogP contribution in [0.2, 0.25) is 0 Å². The van der Waals surface area contributed by atoms with Crippen molar-refractivity contribution in [2.24, 2.45) is 5.92 Å². The van der Waals surface area contributed by atoms with Crippen LogP contribution in [0.5, 0.6) is 5.75 Å². The number of rotatable bonds is 5. The summed E-state index contributed by atoms with van der Waals surface area (Å²) in [5, 5.41) is 11.2. The number of amides is 4. The van der Waals surface area contributed by atoms with Crippen molar-refractivity contribution in [1.82, 2.24) is 21.3 Å². The molecular weight excluding hydrogens is 515 g/mol. The van der Waals surface area contributed by atoms with Gasteiger partial charge in [0, 0.05) is 24.9 Å². The normalized spacial score (nSPS) is 19.5. The molecule has 1 heterocycles. The van der Waals surface area contributed by atoms with Crippen LogP contribution in [0.1, 0.15) is 62.9 Å². The van der Waals surface area contributed by atoms with Gasteiger partial charge in [-0.3, -0.25) is 19.2 Å². The number of hydrogen-bond acceptors (Lipinski definition) is 5. The highest BCUT2D eigenvalue weighted by molar-refractivity contribution is 5.99. The third-order valence-electron chi connectivity index (χ3n) is 6.89. The second-order valence-corrected chi connectivity index (χ2v) is 11.0. The molecule has 0 aromatic heterocycles. The highest BCUT2D eigenvalue weighted by atomic mass is 19.1. The SMILES string of the molecule is CC(C)C1NC(=O)CC[C@@H](C(=O)NCC(C)(C)c2ccc(F)cc2)NC(=O)c2ccccc2OCCCNC1=O. The van der Waals surface area contributed by atoms with Gasteiger partial charge >= 0.3 is 0 Å². The topological polar surface area (TPSA) is 126 Å². The maximum atomic E-state index is 13.4. The molecule has 0 saturated heterocycles. The van der Waals surface area contributed by atoms with Gasteiger partial charge in [-0.15, -0.1) is 0 Å². The van der Waals surface area contributed by atoms with Gasteiger partial charge in [-0.2, -0.15) is 0 Å². The van der Waals surface area contributed by atoms with Crippen LogP contribution in [0.25, 0.3) is 0 Å². The minimum absolute atomic E-state index is 0.00976. The van der Waals surface area contributed by atoms with Gasteiger partial charge in [-0.25, -0.2) is 4.39 Å². The average molecular weight is 555 g/mol. The first kappa shape index (κ1) is 30.6. The molecule has 216 valence electrons. The molecule has 0 fully saturated rings. The van der Waals surface area contributed by atoms with Crippen molar-refractivity contribution in [2.45, 2.75) is 64.5 Å². The summed E-state index contributed by atoms with van der Waals surface area (Å²) in [7, 11) is 0. The molecule has 0 spiro atoms. The quantitative estimate of drug-likeness (QED) is 0.452. The molecule has 0 saturated carbocycles. The van der Waals surface area contributed by atoms with E-state index in [0.717, 1.165) is 5.56 Å². The van der Waals surface area contributed by atoms with Crippen molar-refractivity contribution < 1.29 is 28.3 Å². The third kappa shape index (κ3) is 8.53. The molecule has 2 aromatic rings. The molecular formula is C30H39FN4O5. The minimum Gasteiger partial charge on any atom is -0.493 e. The van der Waals surface area contributed by atoms with Gasteiger partial charge in [0.15, 0.2) is 0 Å². The second kappa shape index (κ2) is 13.9. The molecule has 4 amide bonds. The molecule has 2 aromatic carbocycles. The zero-order chi connectivity index (χ0) is 29.3. The largest absolute Gasteiger partial charge is 0.493 e. The fraction of sp³-hybridized carbons (Fsp3) is 0.467. The van der Waals surface area contributed by atoms with Gasteiger partial charge in [0.05, 0.1) is 12.2 Å². The Hall–Kier alpha value is -3.95. The van der Waals surface area contributed by atoms with Crippen molar-refractivity contribution >= 4 is 23.6 Å². The standard InChI is InChI=1S/C30H39FN4O5/c1-19(2)26-29(39)32-16-7-17-40-24-9-6-5-8-22(24)27(37)34-23(14-15-25(36)35-26)28(38)33-18-30(3,4)20-10-12-21(31)13-11-20/h5-6,8-13,19,23,26H,7,14-18H2,1-4H3,(H,32,39)(H,33,38)(H,34,37)(H,35,36)/t23-,26?/m0/s1. The van der Waals surface area contributed by atoms with E-state index in [0.29, 0.717) is 18.7 Å². The summed E-state index contributed by atoms with van der Waals surface area (Å²) in [5.74, 6) is -1.81. The van der Waals surface area contributed by atoms with Gasteiger partial charge in [-0.05, 0) is 48.6 Å². The summed E-state index contributed by atoms with van der Waals surface area (Å²) in [6.45, 7) is 8.32. The first-order valence-electron chi connectivity index (χ1n) is 13.6. The monoisotopic (exact) mass is 554 g/mol. The number of carbonyl (C=O) groups is 4. The van der Waals surface area contributed by atoms with Gasteiger partial charge < -0.3 is 26.0 Å². The Morgan fingerprint density at radius 3 is 2.48 bits per heavy atom. The van der Waals surface area contributed by atoms with Crippen molar-refractivity contribution in [3.63, 3.8) is 0 Å². The van der Waals surface area contributed by atoms with E-state index < -0.39 is 35.2 Å². The molecule has 10 heteroatoms. The third-order valence-corrected chi connectivity index (χ3v) is 6.89. The molecule has 0 radical (unpaired) electrons. The lowest BCUT2D eigenvalue weighted by Gasteiger charge is -2.27. The van der Waals surface area contributed by atoms with Gasteiger partial charge in [-0.1, -0.05) is 52.0 Å². The molecule has 2 atom stereocenters. The Morgan fingerprint density at radius 2 is 1.77 bits per heavy atom. The Balaban J connectivity index is 1.81. The van der Waals surface area contributed by atoms with E-state index >= 15 is 0 Å². The Morgan fingerprint density at radius 1 is 1.07 bits per heavy atom. The van der Waals surface area contributed by atoms with Crippen molar-refractivity contribution in [1.29, 1.82) is 0 Å². The summed E-state index contributed by atoms with van der Waals surface area (Å²) >= 11 is 0. The summed E-state index contributed by atoms with van der Waals surface area (Å²) < 4.78 is 19.2. The number of nitrogens with one attached hydrogen (secondary N) is 4. The van der Waals surface area contributed by atoms with E-state index in [1.165, 1.54) is 12.1 Å². The number of hydrogen-bond donors (Lipinski definition) is 4. The van der Waals surface area contributed by atoms with E-state index in [2.05, 4.69) is 21.3 Å². The molecule has 1 aliphatic heterocycles. The lowest BCUT2D eigenvalue weighted by atomic mass is 9.84. The Labute approximate surface area is 234 Å². The highest BCUT2D eigenvalue weighted by Gasteiger charge is 2.29. The van der Waals surface area contributed by atoms with Crippen LogP contribution in [-0.2, 0) is 19.8 Å². The van der Waals surface area contributed by atoms with Crippen LogP contribution < -0.4 is 26.0 Å². The molecule has 3 rings (SSSR count). The van der Waals surface area contributed by atoms with Crippen molar-refractivity contribution in [3.8, 4) is 5.75 Å². The van der Waals surface area contributed by atoms with Crippen LogP contribution in [0.15, 0.2) is 48.5 Å². The number of halogens is 1. The van der Waals surface area contributed by atoms with Crippen LogP contribution >= 0.6 is 0 Å². The van der Waals surface area contributed by atoms with Crippen LogP contribution in [0, 0.1) is 11.7 Å². The number of carbonyl (C=O) groups excluding carboxylic acids is 4. The fourth-order valence-electron chi connectivity index (χ4n) is 4.35. The van der Waals surface area contributed by atoms with Crippen molar-refractivity contribution in [3.05, 3.63) is 65.5 Å². The van der Waals surface area contributed by atoms with Crippen LogP contribution in [0.4, 0.5) is 4.39 Å². The maximum Gasteiger partial charge on any atom is 0.255 e. The lowest BCUT2D eigenvalue weighted by molar-refractivity contribution is -0.130. The minimum atomic E-state index is -1.03. The predicted octanol–water partition coefficient (Wildman–Crippen LogP) is 2.84. The number of fused-ring (bicyclic) bond motifs is 1. The smallest absolute Gasteiger partial charge is 0.255 e. The molecule has 0 bridgehead atoms. The summed E-state index contributed by atoms with van der Waals surface area (Å²) in [6.07, 6.45) is 0.416. The number of benzene rings is 2. The van der Waals surface area contributed by atoms with Gasteiger partial charge in [0.25, 0.3) is 5.91 Å². The maximum absolute atomic E-state index is 13.4. The van der Waals surface area contributed by atoms with Crippen LogP contribution in [-0.4, -0.2) is 55.4 Å². The summed E-state index contributed by atoms with van der Waals surface area (Å²) in [4.78, 5) is 52.2. The molecule has 9 nitrogen and oxygen atoms in total. The second-order valence-electron chi connectivity index (χ2n) is 11.0. The first-order chi connectivity index (χ1) is 19.0. The molecule has 4 N–H and O–H groups in total. The van der Waals surface area contributed by atoms with Crippen molar-refractivity contribution in [2.75, 3.05) is 19.7 Å². The Bertz CT molecular complexity index is 1200. The molecule has 1 aliphatic rings. The van der Waals surface area contributed by atoms with E-state index in [-0.39, 0.29) is 49.2 Å². The number of para-hydroxylation sites is 1.